The lowest BCUT2D eigenvalue weighted by atomic mass is 10.0. The number of hydrogen-bond donors (Lipinski definition) is 2. The summed E-state index contributed by atoms with van der Waals surface area (Å²) in [6, 6.07) is 9.04. The standard InChI is InChI=1S/C17H28N2O2/c1-14-5-4-6-16(13-14)8-7-15(2)18-10-9-17(20)19-11-12-21-3/h4-6,13,15,18H,7-12H2,1-3H3,(H,19,20). The van der Waals surface area contributed by atoms with Crippen molar-refractivity contribution >= 4 is 5.91 Å². The maximum absolute atomic E-state index is 11.5. The first kappa shape index (κ1) is 17.7. The largest absolute Gasteiger partial charge is 0.383 e. The summed E-state index contributed by atoms with van der Waals surface area (Å²) in [6.45, 7) is 6.14. The van der Waals surface area contributed by atoms with Crippen molar-refractivity contribution in [3.63, 3.8) is 0 Å². The van der Waals surface area contributed by atoms with Gasteiger partial charge in [-0.25, -0.2) is 0 Å². The van der Waals surface area contributed by atoms with Gasteiger partial charge in [0.1, 0.15) is 0 Å². The number of aryl methyl sites for hydroxylation is 2. The molecule has 21 heavy (non-hydrogen) atoms. The molecule has 0 saturated heterocycles. The SMILES string of the molecule is COCCNC(=O)CCNC(C)CCc1cccc(C)c1. The van der Waals surface area contributed by atoms with Gasteiger partial charge in [-0.2, -0.15) is 0 Å². The average Bonchev–Trinajstić information content (AvgIpc) is 2.45. The zero-order valence-electron chi connectivity index (χ0n) is 13.4. The number of hydrogen-bond acceptors (Lipinski definition) is 3. The molecule has 4 nitrogen and oxygen atoms in total. The lowest BCUT2D eigenvalue weighted by Gasteiger charge is -2.14. The van der Waals surface area contributed by atoms with Crippen molar-refractivity contribution in [3.05, 3.63) is 35.4 Å². The van der Waals surface area contributed by atoms with Gasteiger partial charge in [0.05, 0.1) is 6.61 Å². The Labute approximate surface area is 128 Å². The predicted molar refractivity (Wildman–Crippen MR) is 86.5 cm³/mol. The van der Waals surface area contributed by atoms with Crippen molar-refractivity contribution < 1.29 is 9.53 Å². The molecule has 0 aliphatic rings. The molecule has 118 valence electrons. The highest BCUT2D eigenvalue weighted by molar-refractivity contribution is 5.76. The maximum Gasteiger partial charge on any atom is 0.221 e. The van der Waals surface area contributed by atoms with E-state index in [1.54, 1.807) is 7.11 Å². The number of nitrogens with one attached hydrogen (secondary N) is 2. The van der Waals surface area contributed by atoms with E-state index in [9.17, 15) is 4.79 Å². The minimum absolute atomic E-state index is 0.0745. The Kier molecular flexibility index (Phi) is 8.71. The van der Waals surface area contributed by atoms with Crippen LogP contribution in [0.15, 0.2) is 24.3 Å². The Hall–Kier alpha value is -1.39. The van der Waals surface area contributed by atoms with Crippen LogP contribution in [0.3, 0.4) is 0 Å². The Morgan fingerprint density at radius 3 is 2.86 bits per heavy atom. The molecule has 1 rings (SSSR count). The summed E-state index contributed by atoms with van der Waals surface area (Å²) in [7, 11) is 1.63. The number of benzene rings is 1. The van der Waals surface area contributed by atoms with Gasteiger partial charge in [-0.15, -0.1) is 0 Å². The van der Waals surface area contributed by atoms with Crippen LogP contribution in [0.2, 0.25) is 0 Å². The number of carbonyl (C=O) groups is 1. The van der Waals surface area contributed by atoms with Crippen LogP contribution in [0.5, 0.6) is 0 Å². The van der Waals surface area contributed by atoms with Gasteiger partial charge >= 0.3 is 0 Å². The van der Waals surface area contributed by atoms with E-state index in [1.165, 1.54) is 11.1 Å². The van der Waals surface area contributed by atoms with E-state index in [0.717, 1.165) is 12.8 Å². The van der Waals surface area contributed by atoms with E-state index in [4.69, 9.17) is 4.74 Å². The van der Waals surface area contributed by atoms with Gasteiger partial charge in [0.15, 0.2) is 0 Å². The Balaban J connectivity index is 2.11. The zero-order chi connectivity index (χ0) is 15.5. The highest BCUT2D eigenvalue weighted by atomic mass is 16.5. The lowest BCUT2D eigenvalue weighted by molar-refractivity contribution is -0.121. The zero-order valence-corrected chi connectivity index (χ0v) is 13.4. The number of amides is 1. The van der Waals surface area contributed by atoms with Crippen LogP contribution in [-0.4, -0.2) is 38.8 Å². The topological polar surface area (TPSA) is 50.4 Å². The first-order valence-corrected chi connectivity index (χ1v) is 7.66. The van der Waals surface area contributed by atoms with Gasteiger partial charge < -0.3 is 15.4 Å². The van der Waals surface area contributed by atoms with Crippen molar-refractivity contribution in [1.82, 2.24) is 10.6 Å². The monoisotopic (exact) mass is 292 g/mol. The van der Waals surface area contributed by atoms with Crippen molar-refractivity contribution in [2.24, 2.45) is 0 Å². The van der Waals surface area contributed by atoms with Crippen molar-refractivity contribution in [2.45, 2.75) is 39.2 Å². The number of ether oxygens (including phenoxy) is 1. The Morgan fingerprint density at radius 1 is 1.33 bits per heavy atom. The summed E-state index contributed by atoms with van der Waals surface area (Å²) < 4.78 is 4.89. The van der Waals surface area contributed by atoms with E-state index < -0.39 is 0 Å². The van der Waals surface area contributed by atoms with E-state index in [1.807, 2.05) is 0 Å². The molecule has 1 aromatic rings. The molecule has 4 heteroatoms. The average molecular weight is 292 g/mol. The smallest absolute Gasteiger partial charge is 0.221 e. The van der Waals surface area contributed by atoms with Crippen LogP contribution in [0.4, 0.5) is 0 Å². The Morgan fingerprint density at radius 2 is 2.14 bits per heavy atom. The fourth-order valence-corrected chi connectivity index (χ4v) is 2.17. The number of rotatable bonds is 10. The summed E-state index contributed by atoms with van der Waals surface area (Å²) in [5.74, 6) is 0.0745. The van der Waals surface area contributed by atoms with E-state index in [-0.39, 0.29) is 5.91 Å². The second-order valence-corrected chi connectivity index (χ2v) is 5.48. The van der Waals surface area contributed by atoms with Gasteiger partial charge in [-0.3, -0.25) is 4.79 Å². The third kappa shape index (κ3) is 8.48. The second-order valence-electron chi connectivity index (χ2n) is 5.48. The quantitative estimate of drug-likeness (QED) is 0.649. The third-order valence-electron chi connectivity index (χ3n) is 3.42. The van der Waals surface area contributed by atoms with Gasteiger partial charge in [0.25, 0.3) is 0 Å². The molecule has 0 aromatic heterocycles. The molecule has 1 aromatic carbocycles. The molecule has 1 unspecified atom stereocenters. The minimum atomic E-state index is 0.0745. The van der Waals surface area contributed by atoms with Crippen LogP contribution in [0.25, 0.3) is 0 Å². The first-order valence-electron chi connectivity index (χ1n) is 7.66. The van der Waals surface area contributed by atoms with Crippen LogP contribution >= 0.6 is 0 Å². The van der Waals surface area contributed by atoms with Crippen LogP contribution in [0, 0.1) is 6.92 Å². The Bertz CT molecular complexity index is 421. The van der Waals surface area contributed by atoms with Gasteiger partial charge in [-0.1, -0.05) is 29.8 Å². The van der Waals surface area contributed by atoms with Crippen molar-refractivity contribution in [2.75, 3.05) is 26.8 Å². The molecule has 0 radical (unpaired) electrons. The van der Waals surface area contributed by atoms with Gasteiger partial charge in [0, 0.05) is 32.7 Å². The highest BCUT2D eigenvalue weighted by Crippen LogP contribution is 2.08. The lowest BCUT2D eigenvalue weighted by Crippen LogP contribution is -2.33. The summed E-state index contributed by atoms with van der Waals surface area (Å²) in [5, 5.41) is 6.21. The molecule has 2 N–H and O–H groups in total. The highest BCUT2D eigenvalue weighted by Gasteiger charge is 2.04. The molecule has 0 aliphatic carbocycles. The molecular weight excluding hydrogens is 264 g/mol. The van der Waals surface area contributed by atoms with Gasteiger partial charge in [-0.05, 0) is 32.3 Å². The molecule has 0 spiro atoms. The van der Waals surface area contributed by atoms with E-state index >= 15 is 0 Å². The predicted octanol–water partition coefficient (Wildman–Crippen LogP) is 2.06. The van der Waals surface area contributed by atoms with Crippen LogP contribution < -0.4 is 10.6 Å². The fourth-order valence-electron chi connectivity index (χ4n) is 2.17. The van der Waals surface area contributed by atoms with Gasteiger partial charge in [0.2, 0.25) is 5.91 Å². The molecule has 1 atom stereocenters. The van der Waals surface area contributed by atoms with E-state index in [0.29, 0.717) is 32.2 Å². The molecule has 1 amide bonds. The molecule has 0 fully saturated rings. The van der Waals surface area contributed by atoms with Crippen LogP contribution in [-0.2, 0) is 16.0 Å². The molecule has 0 bridgehead atoms. The summed E-state index contributed by atoms with van der Waals surface area (Å²) in [4.78, 5) is 11.5. The van der Waals surface area contributed by atoms with Crippen molar-refractivity contribution in [1.29, 1.82) is 0 Å². The number of methoxy groups -OCH3 is 1. The summed E-state index contributed by atoms with van der Waals surface area (Å²) in [6.07, 6.45) is 2.66. The summed E-state index contributed by atoms with van der Waals surface area (Å²) >= 11 is 0. The second kappa shape index (κ2) is 10.4. The van der Waals surface area contributed by atoms with Crippen LogP contribution in [0.1, 0.15) is 30.9 Å². The molecular formula is C17H28N2O2. The maximum atomic E-state index is 11.5. The van der Waals surface area contributed by atoms with Crippen molar-refractivity contribution in [3.8, 4) is 0 Å². The third-order valence-corrected chi connectivity index (χ3v) is 3.42. The first-order chi connectivity index (χ1) is 10.1. The fraction of sp³-hybridized carbons (Fsp3) is 0.588. The van der Waals surface area contributed by atoms with E-state index in [2.05, 4.69) is 48.7 Å². The molecule has 0 saturated carbocycles. The molecule has 0 heterocycles. The molecule has 0 aliphatic heterocycles. The normalized spacial score (nSPS) is 12.1. The minimum Gasteiger partial charge on any atom is -0.383 e. The number of carbonyl (C=O) groups excluding carboxylic acids is 1. The summed E-state index contributed by atoms with van der Waals surface area (Å²) in [5.41, 5.74) is 2.68.